The molecule has 1 aromatic heterocycles. The number of aromatic nitrogens is 1. The number of benzene rings is 2. The topological polar surface area (TPSA) is 135 Å². The van der Waals surface area contributed by atoms with Crippen LogP contribution in [-0.4, -0.2) is 28.4 Å². The van der Waals surface area contributed by atoms with E-state index in [1.54, 1.807) is 18.2 Å². The second-order valence-electron chi connectivity index (χ2n) is 6.11. The van der Waals surface area contributed by atoms with Gasteiger partial charge in [-0.3, -0.25) is 14.9 Å². The van der Waals surface area contributed by atoms with Crippen molar-refractivity contribution in [1.29, 1.82) is 5.26 Å². The Morgan fingerprint density at radius 3 is 2.81 bits per heavy atom. The van der Waals surface area contributed by atoms with Gasteiger partial charge in [-0.1, -0.05) is 17.8 Å². The number of nitro groups is 1. The molecule has 2 aromatic carbocycles. The van der Waals surface area contributed by atoms with Gasteiger partial charge in [-0.15, -0.1) is 11.3 Å². The lowest BCUT2D eigenvalue weighted by Crippen LogP contribution is -2.21. The monoisotopic (exact) mass is 454 g/mol. The Hall–Kier alpha value is -3.75. The molecule has 31 heavy (non-hydrogen) atoms. The van der Waals surface area contributed by atoms with Crippen molar-refractivity contribution in [2.45, 2.75) is 16.2 Å². The van der Waals surface area contributed by atoms with Gasteiger partial charge in [-0.25, -0.2) is 9.78 Å². The maximum atomic E-state index is 12.3. The summed E-state index contributed by atoms with van der Waals surface area (Å²) in [6.45, 7) is 1.24. The summed E-state index contributed by atoms with van der Waals surface area (Å²) in [6, 6.07) is 12.2. The van der Waals surface area contributed by atoms with E-state index < -0.39 is 23.4 Å². The zero-order valence-electron chi connectivity index (χ0n) is 16.0. The first-order chi connectivity index (χ1) is 14.9. The van der Waals surface area contributed by atoms with Crippen LogP contribution in [0.5, 0.6) is 0 Å². The number of nitro benzene ring substituents is 1. The Morgan fingerprint density at radius 1 is 1.32 bits per heavy atom. The highest BCUT2D eigenvalue weighted by Crippen LogP contribution is 2.36. The van der Waals surface area contributed by atoms with Crippen LogP contribution in [-0.2, 0) is 9.53 Å². The van der Waals surface area contributed by atoms with E-state index in [4.69, 9.17) is 10.00 Å². The molecular weight excluding hydrogens is 440 g/mol. The van der Waals surface area contributed by atoms with E-state index in [9.17, 15) is 19.7 Å². The molecule has 1 amide bonds. The molecule has 3 rings (SSSR count). The number of nitrogens with one attached hydrogen (secondary N) is 1. The van der Waals surface area contributed by atoms with E-state index in [1.807, 2.05) is 18.4 Å². The average Bonchev–Trinajstić information content (AvgIpc) is 3.16. The number of aryl methyl sites for hydroxylation is 1. The SMILES string of the molecule is Cc1csc(Sc2ccc(C(=O)OCC(=O)Nc3cccc(C#N)c3)cc2[N+](=O)[O-])n1. The Balaban J connectivity index is 1.65. The summed E-state index contributed by atoms with van der Waals surface area (Å²) < 4.78 is 5.61. The summed E-state index contributed by atoms with van der Waals surface area (Å²) in [5.41, 5.74) is 1.26. The smallest absolute Gasteiger partial charge is 0.338 e. The van der Waals surface area contributed by atoms with Crippen LogP contribution in [0.2, 0.25) is 0 Å². The number of hydrogen-bond donors (Lipinski definition) is 1. The van der Waals surface area contributed by atoms with Gasteiger partial charge >= 0.3 is 5.97 Å². The predicted molar refractivity (Wildman–Crippen MR) is 114 cm³/mol. The number of carbonyl (C=O) groups excluding carboxylic acids is 2. The average molecular weight is 454 g/mol. The van der Waals surface area contributed by atoms with Crippen LogP contribution in [0.15, 0.2) is 57.1 Å². The minimum Gasteiger partial charge on any atom is -0.452 e. The lowest BCUT2D eigenvalue weighted by molar-refractivity contribution is -0.387. The molecular formula is C20H14N4O5S2. The molecule has 0 saturated heterocycles. The first kappa shape index (κ1) is 21.9. The fourth-order valence-corrected chi connectivity index (χ4v) is 4.30. The van der Waals surface area contributed by atoms with Gasteiger partial charge in [0, 0.05) is 22.8 Å². The molecule has 156 valence electrons. The van der Waals surface area contributed by atoms with Crippen LogP contribution in [0.25, 0.3) is 0 Å². The number of esters is 1. The fourth-order valence-electron chi connectivity index (χ4n) is 2.42. The summed E-state index contributed by atoms with van der Waals surface area (Å²) in [7, 11) is 0. The number of hydrogen-bond acceptors (Lipinski definition) is 9. The lowest BCUT2D eigenvalue weighted by Gasteiger charge is -2.08. The number of nitrogens with zero attached hydrogens (tertiary/aromatic N) is 3. The first-order valence-electron chi connectivity index (χ1n) is 8.71. The van der Waals surface area contributed by atoms with E-state index in [0.717, 1.165) is 23.5 Å². The third-order valence-corrected chi connectivity index (χ3v) is 5.92. The second kappa shape index (κ2) is 9.84. The standard InChI is InChI=1S/C20H14N4O5S2/c1-12-11-30-20(22-12)31-17-6-5-14(8-16(17)24(27)28)19(26)29-10-18(25)23-15-4-2-3-13(7-15)9-21/h2-8,11H,10H2,1H3,(H,23,25). The summed E-state index contributed by atoms with van der Waals surface area (Å²) in [6.07, 6.45) is 0. The van der Waals surface area contributed by atoms with Crippen LogP contribution in [0.4, 0.5) is 11.4 Å². The number of amides is 1. The highest BCUT2D eigenvalue weighted by Gasteiger charge is 2.20. The van der Waals surface area contributed by atoms with Crippen molar-refractivity contribution >= 4 is 46.3 Å². The lowest BCUT2D eigenvalue weighted by atomic mass is 10.2. The molecule has 0 unspecified atom stereocenters. The van der Waals surface area contributed by atoms with Gasteiger partial charge < -0.3 is 10.1 Å². The summed E-state index contributed by atoms with van der Waals surface area (Å²) in [4.78, 5) is 39.7. The van der Waals surface area contributed by atoms with Crippen molar-refractivity contribution < 1.29 is 19.2 Å². The number of anilines is 1. The molecule has 0 saturated carbocycles. The molecule has 0 bridgehead atoms. The van der Waals surface area contributed by atoms with Gasteiger partial charge in [0.1, 0.15) is 0 Å². The van der Waals surface area contributed by atoms with Gasteiger partial charge in [0.05, 0.1) is 27.0 Å². The van der Waals surface area contributed by atoms with E-state index in [1.165, 1.54) is 29.5 Å². The molecule has 0 aliphatic rings. The highest BCUT2D eigenvalue weighted by atomic mass is 32.2. The van der Waals surface area contributed by atoms with Crippen LogP contribution < -0.4 is 5.32 Å². The van der Waals surface area contributed by atoms with Crippen LogP contribution in [0, 0.1) is 28.4 Å². The minimum absolute atomic E-state index is 0.0503. The van der Waals surface area contributed by atoms with Gasteiger partial charge in [0.2, 0.25) is 0 Å². The highest BCUT2D eigenvalue weighted by molar-refractivity contribution is 8.01. The number of rotatable bonds is 7. The van der Waals surface area contributed by atoms with Crippen molar-refractivity contribution in [3.63, 3.8) is 0 Å². The van der Waals surface area contributed by atoms with E-state index in [0.29, 0.717) is 20.5 Å². The summed E-state index contributed by atoms with van der Waals surface area (Å²) in [5, 5.41) is 24.7. The zero-order valence-corrected chi connectivity index (χ0v) is 17.7. The third kappa shape index (κ3) is 5.88. The van der Waals surface area contributed by atoms with Gasteiger partial charge in [0.15, 0.2) is 10.9 Å². The molecule has 0 spiro atoms. The molecule has 0 atom stereocenters. The molecule has 9 nitrogen and oxygen atoms in total. The van der Waals surface area contributed by atoms with Crippen molar-refractivity contribution in [2.24, 2.45) is 0 Å². The molecule has 1 heterocycles. The number of thiazole rings is 1. The number of ether oxygens (including phenoxy) is 1. The molecule has 0 fully saturated rings. The van der Waals surface area contributed by atoms with Crippen molar-refractivity contribution in [3.05, 3.63) is 74.8 Å². The second-order valence-corrected chi connectivity index (χ2v) is 8.26. The van der Waals surface area contributed by atoms with Crippen LogP contribution >= 0.6 is 23.1 Å². The van der Waals surface area contributed by atoms with Crippen LogP contribution in [0.1, 0.15) is 21.6 Å². The quantitative estimate of drug-likeness (QED) is 0.319. The summed E-state index contributed by atoms with van der Waals surface area (Å²) >= 11 is 2.50. The number of carbonyl (C=O) groups is 2. The normalized spacial score (nSPS) is 10.2. The number of nitriles is 1. The molecule has 0 aliphatic heterocycles. The Labute approximate surface area is 184 Å². The Kier molecular flexibility index (Phi) is 6.96. The Bertz CT molecular complexity index is 1200. The molecule has 0 radical (unpaired) electrons. The minimum atomic E-state index is -0.870. The fraction of sp³-hybridized carbons (Fsp3) is 0.100. The first-order valence-corrected chi connectivity index (χ1v) is 10.4. The van der Waals surface area contributed by atoms with Gasteiger partial charge in [-0.2, -0.15) is 5.26 Å². The van der Waals surface area contributed by atoms with E-state index >= 15 is 0 Å². The largest absolute Gasteiger partial charge is 0.452 e. The van der Waals surface area contributed by atoms with Crippen molar-refractivity contribution in [1.82, 2.24) is 4.98 Å². The zero-order chi connectivity index (χ0) is 22.4. The van der Waals surface area contributed by atoms with E-state index in [2.05, 4.69) is 10.3 Å². The van der Waals surface area contributed by atoms with Gasteiger partial charge in [-0.05, 0) is 37.3 Å². The van der Waals surface area contributed by atoms with Crippen LogP contribution in [0.3, 0.4) is 0 Å². The predicted octanol–water partition coefficient (Wildman–Crippen LogP) is 4.18. The Morgan fingerprint density at radius 2 is 2.13 bits per heavy atom. The van der Waals surface area contributed by atoms with E-state index in [-0.39, 0.29) is 11.3 Å². The molecule has 3 aromatic rings. The van der Waals surface area contributed by atoms with Crippen molar-refractivity contribution in [2.75, 3.05) is 11.9 Å². The maximum absolute atomic E-state index is 12.3. The maximum Gasteiger partial charge on any atom is 0.338 e. The summed E-state index contributed by atoms with van der Waals surface area (Å²) in [5.74, 6) is -1.48. The molecule has 1 N–H and O–H groups in total. The van der Waals surface area contributed by atoms with Gasteiger partial charge in [0.25, 0.3) is 11.6 Å². The van der Waals surface area contributed by atoms with Crippen molar-refractivity contribution in [3.8, 4) is 6.07 Å². The molecule has 11 heteroatoms. The third-order valence-electron chi connectivity index (χ3n) is 3.80. The molecule has 0 aliphatic carbocycles.